The quantitative estimate of drug-likeness (QED) is 0.601. The summed E-state index contributed by atoms with van der Waals surface area (Å²) in [4.78, 5) is 13.8. The molecule has 0 aromatic rings. The molecule has 4 nitrogen and oxygen atoms in total. The van der Waals surface area contributed by atoms with E-state index in [4.69, 9.17) is 0 Å². The minimum absolute atomic E-state index is 0.189. The number of nitrogens with one attached hydrogen (secondary N) is 1. The SMILES string of the molecule is CC1(O)CN(C(=O)C2(C)CCNC2)C1. The standard InChI is InChI=1S/C10H18N2O2/c1-9(3-4-11-5-9)8(13)12-6-10(2,14)7-12/h11,14H,3-7H2,1-2H3. The fraction of sp³-hybridized carbons (Fsp3) is 0.900. The normalized spacial score (nSPS) is 35.5. The zero-order valence-electron chi connectivity index (χ0n) is 8.84. The lowest BCUT2D eigenvalue weighted by atomic mass is 9.85. The highest BCUT2D eigenvalue weighted by molar-refractivity contribution is 5.84. The van der Waals surface area contributed by atoms with E-state index < -0.39 is 5.60 Å². The smallest absolute Gasteiger partial charge is 0.230 e. The summed E-state index contributed by atoms with van der Waals surface area (Å²) in [5, 5.41) is 12.8. The molecule has 2 heterocycles. The van der Waals surface area contributed by atoms with Gasteiger partial charge in [-0.2, -0.15) is 0 Å². The highest BCUT2D eigenvalue weighted by Gasteiger charge is 2.46. The van der Waals surface area contributed by atoms with Crippen LogP contribution in [0, 0.1) is 5.41 Å². The summed E-state index contributed by atoms with van der Waals surface area (Å²) in [5.41, 5.74) is -0.894. The van der Waals surface area contributed by atoms with Crippen LogP contribution >= 0.6 is 0 Å². The predicted molar refractivity (Wildman–Crippen MR) is 52.8 cm³/mol. The van der Waals surface area contributed by atoms with Gasteiger partial charge in [0.2, 0.25) is 5.91 Å². The Labute approximate surface area is 84.3 Å². The van der Waals surface area contributed by atoms with Crippen LogP contribution in [-0.4, -0.2) is 47.7 Å². The van der Waals surface area contributed by atoms with Crippen LogP contribution < -0.4 is 5.32 Å². The van der Waals surface area contributed by atoms with Gasteiger partial charge in [0.05, 0.1) is 24.1 Å². The summed E-state index contributed by atoms with van der Waals surface area (Å²) >= 11 is 0. The summed E-state index contributed by atoms with van der Waals surface area (Å²) in [7, 11) is 0. The molecule has 4 heteroatoms. The van der Waals surface area contributed by atoms with Crippen molar-refractivity contribution in [2.24, 2.45) is 5.41 Å². The largest absolute Gasteiger partial charge is 0.386 e. The number of nitrogens with zero attached hydrogens (tertiary/aromatic N) is 1. The second-order valence-corrected chi connectivity index (χ2v) is 5.15. The maximum atomic E-state index is 12.0. The summed E-state index contributed by atoms with van der Waals surface area (Å²) in [6.45, 7) is 6.44. The summed E-state index contributed by atoms with van der Waals surface area (Å²) in [6.07, 6.45) is 0.907. The molecule has 0 aromatic carbocycles. The Morgan fingerprint density at radius 2 is 2.07 bits per heavy atom. The Balaban J connectivity index is 1.96. The number of carbonyl (C=O) groups excluding carboxylic acids is 1. The van der Waals surface area contributed by atoms with Crippen LogP contribution in [0.5, 0.6) is 0 Å². The maximum absolute atomic E-state index is 12.0. The van der Waals surface area contributed by atoms with Crippen LogP contribution in [-0.2, 0) is 4.79 Å². The van der Waals surface area contributed by atoms with Gasteiger partial charge in [-0.1, -0.05) is 0 Å². The van der Waals surface area contributed by atoms with E-state index in [1.807, 2.05) is 6.92 Å². The van der Waals surface area contributed by atoms with Crippen molar-refractivity contribution in [3.63, 3.8) is 0 Å². The molecule has 1 atom stereocenters. The van der Waals surface area contributed by atoms with E-state index in [0.717, 1.165) is 19.5 Å². The van der Waals surface area contributed by atoms with Gasteiger partial charge in [0, 0.05) is 6.54 Å². The van der Waals surface area contributed by atoms with Crippen molar-refractivity contribution >= 4 is 5.91 Å². The van der Waals surface area contributed by atoms with E-state index in [-0.39, 0.29) is 11.3 Å². The first-order valence-electron chi connectivity index (χ1n) is 5.16. The molecular formula is C10H18N2O2. The molecule has 2 aliphatic rings. The van der Waals surface area contributed by atoms with E-state index >= 15 is 0 Å². The molecule has 0 radical (unpaired) electrons. The number of hydrogen-bond acceptors (Lipinski definition) is 3. The van der Waals surface area contributed by atoms with Crippen LogP contribution in [0.3, 0.4) is 0 Å². The van der Waals surface area contributed by atoms with Gasteiger partial charge in [-0.05, 0) is 26.8 Å². The zero-order chi connectivity index (χ0) is 10.4. The van der Waals surface area contributed by atoms with Crippen LogP contribution in [0.4, 0.5) is 0 Å². The maximum Gasteiger partial charge on any atom is 0.230 e. The minimum Gasteiger partial charge on any atom is -0.386 e. The molecule has 0 aromatic heterocycles. The van der Waals surface area contributed by atoms with Gasteiger partial charge in [0.15, 0.2) is 0 Å². The molecule has 2 N–H and O–H groups in total. The Bertz CT molecular complexity index is 249. The highest BCUT2D eigenvalue weighted by Crippen LogP contribution is 2.31. The summed E-state index contributed by atoms with van der Waals surface area (Å²) in [5.74, 6) is 0.189. The molecule has 0 aliphatic carbocycles. The van der Waals surface area contributed by atoms with Crippen molar-refractivity contribution in [1.29, 1.82) is 0 Å². The summed E-state index contributed by atoms with van der Waals surface area (Å²) < 4.78 is 0. The van der Waals surface area contributed by atoms with Crippen molar-refractivity contribution in [2.75, 3.05) is 26.2 Å². The van der Waals surface area contributed by atoms with Crippen LogP contribution in [0.1, 0.15) is 20.3 Å². The number of rotatable bonds is 1. The van der Waals surface area contributed by atoms with Gasteiger partial charge in [0.25, 0.3) is 0 Å². The lowest BCUT2D eigenvalue weighted by molar-refractivity contribution is -0.161. The third kappa shape index (κ3) is 1.53. The number of amides is 1. The van der Waals surface area contributed by atoms with Gasteiger partial charge in [-0.15, -0.1) is 0 Å². The van der Waals surface area contributed by atoms with E-state index in [9.17, 15) is 9.90 Å². The van der Waals surface area contributed by atoms with Gasteiger partial charge in [-0.25, -0.2) is 0 Å². The number of aliphatic hydroxyl groups is 1. The zero-order valence-corrected chi connectivity index (χ0v) is 8.84. The molecule has 2 rings (SSSR count). The molecule has 0 saturated carbocycles. The van der Waals surface area contributed by atoms with Gasteiger partial charge >= 0.3 is 0 Å². The van der Waals surface area contributed by atoms with Crippen molar-refractivity contribution in [3.8, 4) is 0 Å². The average Bonchev–Trinajstić information content (AvgIpc) is 2.47. The Hall–Kier alpha value is -0.610. The fourth-order valence-corrected chi connectivity index (χ4v) is 2.30. The minimum atomic E-state index is -0.655. The van der Waals surface area contributed by atoms with Crippen LogP contribution in [0.2, 0.25) is 0 Å². The molecular weight excluding hydrogens is 180 g/mol. The Morgan fingerprint density at radius 1 is 1.43 bits per heavy atom. The number of likely N-dealkylation sites (tertiary alicyclic amines) is 1. The number of carbonyl (C=O) groups is 1. The molecule has 1 amide bonds. The highest BCUT2D eigenvalue weighted by atomic mass is 16.3. The first-order chi connectivity index (χ1) is 6.43. The second-order valence-electron chi connectivity index (χ2n) is 5.15. The van der Waals surface area contributed by atoms with Crippen molar-refractivity contribution < 1.29 is 9.90 Å². The Kier molecular flexibility index (Phi) is 2.08. The first kappa shape index (κ1) is 9.93. The molecule has 2 aliphatic heterocycles. The second kappa shape index (κ2) is 2.94. The molecule has 0 bridgehead atoms. The third-order valence-electron chi connectivity index (χ3n) is 3.24. The third-order valence-corrected chi connectivity index (χ3v) is 3.24. The molecule has 1 unspecified atom stereocenters. The van der Waals surface area contributed by atoms with E-state index in [1.54, 1.807) is 11.8 Å². The van der Waals surface area contributed by atoms with E-state index in [2.05, 4.69) is 5.32 Å². The van der Waals surface area contributed by atoms with Crippen molar-refractivity contribution in [2.45, 2.75) is 25.9 Å². The van der Waals surface area contributed by atoms with Gasteiger partial charge in [0.1, 0.15) is 0 Å². The number of hydrogen-bond donors (Lipinski definition) is 2. The Morgan fingerprint density at radius 3 is 2.50 bits per heavy atom. The molecule has 2 fully saturated rings. The van der Waals surface area contributed by atoms with E-state index in [0.29, 0.717) is 13.1 Å². The molecule has 0 spiro atoms. The van der Waals surface area contributed by atoms with Crippen LogP contribution in [0.15, 0.2) is 0 Å². The van der Waals surface area contributed by atoms with Crippen LogP contribution in [0.25, 0.3) is 0 Å². The number of β-amino-alcohol motifs (C(OH)–C–C–N with tert-alkyl or cyclic N) is 1. The van der Waals surface area contributed by atoms with Gasteiger partial charge in [-0.3, -0.25) is 4.79 Å². The molecule has 2 saturated heterocycles. The fourth-order valence-electron chi connectivity index (χ4n) is 2.30. The van der Waals surface area contributed by atoms with Crippen molar-refractivity contribution in [1.82, 2.24) is 10.2 Å². The molecule has 14 heavy (non-hydrogen) atoms. The van der Waals surface area contributed by atoms with Crippen molar-refractivity contribution in [3.05, 3.63) is 0 Å². The molecule has 80 valence electrons. The lowest BCUT2D eigenvalue weighted by Crippen LogP contribution is -2.64. The predicted octanol–water partition coefficient (Wildman–Crippen LogP) is -0.421. The first-order valence-corrected chi connectivity index (χ1v) is 5.16. The van der Waals surface area contributed by atoms with E-state index in [1.165, 1.54) is 0 Å². The van der Waals surface area contributed by atoms with Gasteiger partial charge < -0.3 is 15.3 Å². The lowest BCUT2D eigenvalue weighted by Gasteiger charge is -2.46. The summed E-state index contributed by atoms with van der Waals surface area (Å²) in [6, 6.07) is 0. The monoisotopic (exact) mass is 198 g/mol. The average molecular weight is 198 g/mol. The topological polar surface area (TPSA) is 52.6 Å².